The van der Waals surface area contributed by atoms with Gasteiger partial charge in [0.05, 0.1) is 6.54 Å². The molecule has 0 bridgehead atoms. The molecule has 0 saturated heterocycles. The Balaban J connectivity index is 1.60. The fourth-order valence-corrected chi connectivity index (χ4v) is 4.03. The van der Waals surface area contributed by atoms with Gasteiger partial charge in [0.25, 0.3) is 0 Å². The van der Waals surface area contributed by atoms with Gasteiger partial charge in [0, 0.05) is 16.3 Å². The van der Waals surface area contributed by atoms with Crippen molar-refractivity contribution in [3.63, 3.8) is 0 Å². The van der Waals surface area contributed by atoms with E-state index in [0.29, 0.717) is 13.2 Å². The summed E-state index contributed by atoms with van der Waals surface area (Å²) in [5, 5.41) is 13.7. The Labute approximate surface area is 175 Å². The largest absolute Gasteiger partial charge is 0.488 e. The molecule has 1 aliphatic rings. The second-order valence-corrected chi connectivity index (χ2v) is 8.34. The molecule has 0 amide bonds. The maximum absolute atomic E-state index is 6.49. The van der Waals surface area contributed by atoms with Crippen molar-refractivity contribution < 1.29 is 9.47 Å². The Hall–Kier alpha value is -3.41. The number of benzene rings is 3. The van der Waals surface area contributed by atoms with E-state index < -0.39 is 0 Å². The van der Waals surface area contributed by atoms with Gasteiger partial charge in [0.2, 0.25) is 0 Å². The lowest BCUT2D eigenvalue weighted by Crippen LogP contribution is -2.33. The van der Waals surface area contributed by atoms with Crippen LogP contribution in [0.25, 0.3) is 10.8 Å². The predicted molar refractivity (Wildman–Crippen MR) is 115 cm³/mol. The highest BCUT2D eigenvalue weighted by Crippen LogP contribution is 2.43. The third-order valence-electron chi connectivity index (χ3n) is 5.61. The van der Waals surface area contributed by atoms with Gasteiger partial charge in [-0.1, -0.05) is 42.5 Å². The van der Waals surface area contributed by atoms with Crippen molar-refractivity contribution in [2.24, 2.45) is 0 Å². The summed E-state index contributed by atoms with van der Waals surface area (Å²) in [5.74, 6) is 1.81. The first kappa shape index (κ1) is 18.6. The first-order valence-corrected chi connectivity index (χ1v) is 10.2. The third kappa shape index (κ3) is 3.61. The maximum atomic E-state index is 6.49. The molecule has 6 heteroatoms. The second-order valence-electron chi connectivity index (χ2n) is 8.34. The number of hydrogen-bond donors (Lipinski definition) is 0. The molecule has 0 fully saturated rings. The Morgan fingerprint density at radius 1 is 1.07 bits per heavy atom. The van der Waals surface area contributed by atoms with Crippen LogP contribution in [-0.4, -0.2) is 25.8 Å². The normalized spacial score (nSPS) is 14.9. The summed E-state index contributed by atoms with van der Waals surface area (Å²) in [7, 11) is 0. The van der Waals surface area contributed by atoms with Crippen molar-refractivity contribution in [2.45, 2.75) is 45.4 Å². The minimum Gasteiger partial charge on any atom is -0.488 e. The van der Waals surface area contributed by atoms with Crippen molar-refractivity contribution in [1.82, 2.24) is 20.2 Å². The SMILES string of the molecule is CC1(C)CCc2c(Cn3cnnn3)cc3c(OCc4ccccc4)cccc3c2O1. The number of hydrogen-bond acceptors (Lipinski definition) is 5. The Morgan fingerprint density at radius 2 is 1.93 bits per heavy atom. The lowest BCUT2D eigenvalue weighted by atomic mass is 9.88. The first-order chi connectivity index (χ1) is 14.6. The van der Waals surface area contributed by atoms with Crippen LogP contribution in [0.1, 0.15) is 37.0 Å². The van der Waals surface area contributed by atoms with E-state index >= 15 is 0 Å². The van der Waals surface area contributed by atoms with Crippen LogP contribution in [0.3, 0.4) is 0 Å². The number of rotatable bonds is 5. The fourth-order valence-electron chi connectivity index (χ4n) is 4.03. The minimum atomic E-state index is -0.200. The van der Waals surface area contributed by atoms with Gasteiger partial charge < -0.3 is 9.47 Å². The summed E-state index contributed by atoms with van der Waals surface area (Å²) in [5.41, 5.74) is 3.33. The highest BCUT2D eigenvalue weighted by Gasteiger charge is 2.30. The number of aromatic nitrogens is 4. The monoisotopic (exact) mass is 400 g/mol. The van der Waals surface area contributed by atoms with Crippen molar-refractivity contribution >= 4 is 10.8 Å². The van der Waals surface area contributed by atoms with Crippen LogP contribution in [-0.2, 0) is 19.6 Å². The summed E-state index contributed by atoms with van der Waals surface area (Å²) in [6.45, 7) is 5.41. The number of nitrogens with zero attached hydrogens (tertiary/aromatic N) is 4. The maximum Gasteiger partial charge on any atom is 0.138 e. The molecule has 0 spiro atoms. The highest BCUT2D eigenvalue weighted by molar-refractivity contribution is 5.95. The van der Waals surface area contributed by atoms with Gasteiger partial charge in [-0.05, 0) is 60.4 Å². The van der Waals surface area contributed by atoms with Gasteiger partial charge in [0.1, 0.15) is 30.0 Å². The van der Waals surface area contributed by atoms with E-state index in [9.17, 15) is 0 Å². The lowest BCUT2D eigenvalue weighted by molar-refractivity contribution is 0.0864. The molecule has 0 N–H and O–H groups in total. The topological polar surface area (TPSA) is 62.1 Å². The van der Waals surface area contributed by atoms with Gasteiger partial charge >= 0.3 is 0 Å². The van der Waals surface area contributed by atoms with Crippen molar-refractivity contribution in [1.29, 1.82) is 0 Å². The molecule has 3 aromatic carbocycles. The molecule has 152 valence electrons. The second kappa shape index (κ2) is 7.44. The van der Waals surface area contributed by atoms with Crippen molar-refractivity contribution in [3.05, 3.63) is 77.6 Å². The number of fused-ring (bicyclic) bond motifs is 3. The standard InChI is InChI=1S/C24H24N4O2/c1-24(2)12-11-19-18(14-28-16-25-26-27-28)13-21-20(23(19)30-24)9-6-10-22(21)29-15-17-7-4-3-5-8-17/h3-10,13,16H,11-12,14-15H2,1-2H3. The van der Waals surface area contributed by atoms with E-state index in [-0.39, 0.29) is 5.60 Å². The van der Waals surface area contributed by atoms with Crippen LogP contribution in [0.4, 0.5) is 0 Å². The summed E-state index contributed by atoms with van der Waals surface area (Å²) >= 11 is 0. The van der Waals surface area contributed by atoms with Crippen LogP contribution in [0.2, 0.25) is 0 Å². The summed E-state index contributed by atoms with van der Waals surface area (Å²) < 4.78 is 14.5. The van der Waals surface area contributed by atoms with Gasteiger partial charge in [-0.25, -0.2) is 4.68 Å². The molecule has 0 atom stereocenters. The molecule has 0 aliphatic carbocycles. The van der Waals surface area contributed by atoms with Crippen LogP contribution in [0.5, 0.6) is 11.5 Å². The smallest absolute Gasteiger partial charge is 0.138 e. The minimum absolute atomic E-state index is 0.200. The molecule has 0 unspecified atom stereocenters. The summed E-state index contributed by atoms with van der Waals surface area (Å²) in [6.07, 6.45) is 3.57. The molecule has 1 aliphatic heterocycles. The zero-order valence-electron chi connectivity index (χ0n) is 17.2. The zero-order chi connectivity index (χ0) is 20.6. The molecule has 4 aromatic rings. The Bertz CT molecular complexity index is 1170. The van der Waals surface area contributed by atoms with Crippen LogP contribution in [0.15, 0.2) is 60.9 Å². The zero-order valence-corrected chi connectivity index (χ0v) is 17.2. The molecule has 6 nitrogen and oxygen atoms in total. The molecule has 0 saturated carbocycles. The van der Waals surface area contributed by atoms with Crippen molar-refractivity contribution in [2.75, 3.05) is 0 Å². The van der Waals surface area contributed by atoms with E-state index in [0.717, 1.165) is 46.2 Å². The molecular formula is C24H24N4O2. The van der Waals surface area contributed by atoms with Crippen LogP contribution in [0, 0.1) is 0 Å². The summed E-state index contributed by atoms with van der Waals surface area (Å²) in [4.78, 5) is 0. The molecule has 0 radical (unpaired) electrons. The first-order valence-electron chi connectivity index (χ1n) is 10.2. The molecular weight excluding hydrogens is 376 g/mol. The van der Waals surface area contributed by atoms with Gasteiger partial charge in [0.15, 0.2) is 0 Å². The van der Waals surface area contributed by atoms with Gasteiger partial charge in [-0.3, -0.25) is 0 Å². The Morgan fingerprint density at radius 3 is 2.73 bits per heavy atom. The average Bonchev–Trinajstić information content (AvgIpc) is 3.25. The van der Waals surface area contributed by atoms with Gasteiger partial charge in [-0.2, -0.15) is 0 Å². The van der Waals surface area contributed by atoms with Crippen molar-refractivity contribution in [3.8, 4) is 11.5 Å². The third-order valence-corrected chi connectivity index (χ3v) is 5.61. The molecule has 5 rings (SSSR count). The predicted octanol–water partition coefficient (Wildman–Crippen LogP) is 4.56. The van der Waals surface area contributed by atoms with E-state index in [2.05, 4.69) is 53.6 Å². The molecule has 2 heterocycles. The number of tetrazole rings is 1. The fraction of sp³-hybridized carbons (Fsp3) is 0.292. The van der Waals surface area contributed by atoms with E-state index in [1.54, 1.807) is 11.0 Å². The van der Waals surface area contributed by atoms with Crippen LogP contribution < -0.4 is 9.47 Å². The number of ether oxygens (including phenoxy) is 2. The molecule has 30 heavy (non-hydrogen) atoms. The molecule has 1 aromatic heterocycles. The van der Waals surface area contributed by atoms with E-state index in [1.807, 2.05) is 30.3 Å². The van der Waals surface area contributed by atoms with E-state index in [4.69, 9.17) is 9.47 Å². The lowest BCUT2D eigenvalue weighted by Gasteiger charge is -2.34. The van der Waals surface area contributed by atoms with E-state index in [1.165, 1.54) is 5.56 Å². The Kier molecular flexibility index (Phi) is 4.62. The van der Waals surface area contributed by atoms with Gasteiger partial charge in [-0.15, -0.1) is 5.10 Å². The average molecular weight is 400 g/mol. The van der Waals surface area contributed by atoms with Crippen LogP contribution >= 0.6 is 0 Å². The summed E-state index contributed by atoms with van der Waals surface area (Å²) in [6, 6.07) is 18.6. The highest BCUT2D eigenvalue weighted by atomic mass is 16.5. The quantitative estimate of drug-likeness (QED) is 0.492.